The highest BCUT2D eigenvalue weighted by Crippen LogP contribution is 2.20. The molecular formula is C16H19N3O. The average Bonchev–Trinajstić information content (AvgIpc) is 2.53. The lowest BCUT2D eigenvalue weighted by molar-refractivity contribution is 0.202. The number of para-hydroxylation sites is 1. The number of urea groups is 1. The summed E-state index contributed by atoms with van der Waals surface area (Å²) in [5.41, 5.74) is 1.90. The highest BCUT2D eigenvalue weighted by Gasteiger charge is 2.21. The number of hydrogen-bond acceptors (Lipinski definition) is 2. The molecule has 2 amide bonds. The van der Waals surface area contributed by atoms with Crippen molar-refractivity contribution in [3.63, 3.8) is 0 Å². The SMILES string of the molecule is C[C@@H](c1cccnc1)N(C)C(=O)N(C)c1ccccc1. The normalized spacial score (nSPS) is 11.8. The fourth-order valence-corrected chi connectivity index (χ4v) is 2.01. The van der Waals surface area contributed by atoms with E-state index in [0.717, 1.165) is 11.3 Å². The Bertz CT molecular complexity index is 556. The lowest BCUT2D eigenvalue weighted by Crippen LogP contribution is -2.40. The molecule has 1 atom stereocenters. The molecule has 104 valence electrons. The minimum atomic E-state index is -0.0486. The molecule has 0 spiro atoms. The van der Waals surface area contributed by atoms with E-state index in [1.807, 2.05) is 49.4 Å². The fourth-order valence-electron chi connectivity index (χ4n) is 2.01. The van der Waals surface area contributed by atoms with Gasteiger partial charge in [-0.3, -0.25) is 9.88 Å². The number of benzene rings is 1. The van der Waals surface area contributed by atoms with E-state index in [1.165, 1.54) is 0 Å². The van der Waals surface area contributed by atoms with Gasteiger partial charge in [-0.05, 0) is 30.7 Å². The molecule has 1 aromatic carbocycles. The van der Waals surface area contributed by atoms with E-state index in [9.17, 15) is 4.79 Å². The van der Waals surface area contributed by atoms with Gasteiger partial charge in [0.1, 0.15) is 0 Å². The lowest BCUT2D eigenvalue weighted by atomic mass is 10.1. The third-order valence-corrected chi connectivity index (χ3v) is 3.48. The third-order valence-electron chi connectivity index (χ3n) is 3.48. The van der Waals surface area contributed by atoms with Crippen molar-refractivity contribution in [3.8, 4) is 0 Å². The summed E-state index contributed by atoms with van der Waals surface area (Å²) in [5, 5.41) is 0. The van der Waals surface area contributed by atoms with Crippen molar-refractivity contribution in [3.05, 3.63) is 60.4 Å². The third kappa shape index (κ3) is 2.96. The molecule has 2 aromatic rings. The first-order chi connectivity index (χ1) is 9.61. The van der Waals surface area contributed by atoms with E-state index in [-0.39, 0.29) is 12.1 Å². The number of rotatable bonds is 3. The van der Waals surface area contributed by atoms with E-state index in [0.29, 0.717) is 0 Å². The van der Waals surface area contributed by atoms with Gasteiger partial charge >= 0.3 is 6.03 Å². The van der Waals surface area contributed by atoms with Crippen molar-refractivity contribution in [1.82, 2.24) is 9.88 Å². The molecule has 0 aliphatic carbocycles. The molecule has 4 nitrogen and oxygen atoms in total. The van der Waals surface area contributed by atoms with E-state index in [1.54, 1.807) is 36.3 Å². The largest absolute Gasteiger partial charge is 0.324 e. The van der Waals surface area contributed by atoms with Gasteiger partial charge < -0.3 is 4.90 Å². The molecule has 0 radical (unpaired) electrons. The van der Waals surface area contributed by atoms with E-state index < -0.39 is 0 Å². The van der Waals surface area contributed by atoms with Crippen molar-refractivity contribution >= 4 is 11.7 Å². The van der Waals surface area contributed by atoms with Crippen molar-refractivity contribution < 1.29 is 4.79 Å². The second-order valence-electron chi connectivity index (χ2n) is 4.75. The molecule has 0 saturated heterocycles. The van der Waals surface area contributed by atoms with Gasteiger partial charge in [-0.15, -0.1) is 0 Å². The van der Waals surface area contributed by atoms with Crippen LogP contribution in [-0.2, 0) is 0 Å². The molecule has 4 heteroatoms. The zero-order valence-electron chi connectivity index (χ0n) is 12.0. The predicted octanol–water partition coefficient (Wildman–Crippen LogP) is 3.33. The van der Waals surface area contributed by atoms with Gasteiger partial charge in [-0.2, -0.15) is 0 Å². The minimum Gasteiger partial charge on any atom is -0.321 e. The summed E-state index contributed by atoms with van der Waals surface area (Å²) in [6.45, 7) is 1.99. The standard InChI is InChI=1S/C16H19N3O/c1-13(14-8-7-11-17-12-14)18(2)16(20)19(3)15-9-5-4-6-10-15/h4-13H,1-3H3/t13-/m0/s1. The van der Waals surface area contributed by atoms with Gasteiger partial charge in [0.05, 0.1) is 6.04 Å². The predicted molar refractivity (Wildman–Crippen MR) is 80.7 cm³/mol. The Balaban J connectivity index is 2.13. The Morgan fingerprint density at radius 1 is 1.10 bits per heavy atom. The molecule has 1 heterocycles. The zero-order chi connectivity index (χ0) is 14.5. The van der Waals surface area contributed by atoms with Crippen LogP contribution < -0.4 is 4.90 Å². The average molecular weight is 269 g/mol. The highest BCUT2D eigenvalue weighted by molar-refractivity contribution is 5.91. The maximum atomic E-state index is 12.5. The highest BCUT2D eigenvalue weighted by atomic mass is 16.2. The fraction of sp³-hybridized carbons (Fsp3) is 0.250. The van der Waals surface area contributed by atoms with Gasteiger partial charge in [-0.25, -0.2) is 4.79 Å². The molecule has 2 rings (SSSR count). The maximum absolute atomic E-state index is 12.5. The number of carbonyl (C=O) groups is 1. The number of anilines is 1. The summed E-state index contributed by atoms with van der Waals surface area (Å²) in [6, 6.07) is 13.4. The number of pyridine rings is 1. The zero-order valence-corrected chi connectivity index (χ0v) is 12.0. The molecule has 0 unspecified atom stereocenters. The first kappa shape index (κ1) is 14.1. The number of carbonyl (C=O) groups excluding carboxylic acids is 1. The van der Waals surface area contributed by atoms with Crippen LogP contribution in [-0.4, -0.2) is 30.0 Å². The van der Waals surface area contributed by atoms with Crippen LogP contribution in [0.1, 0.15) is 18.5 Å². The Labute approximate surface area is 119 Å². The first-order valence-electron chi connectivity index (χ1n) is 6.56. The molecular weight excluding hydrogens is 250 g/mol. The molecule has 20 heavy (non-hydrogen) atoms. The maximum Gasteiger partial charge on any atom is 0.324 e. The number of aromatic nitrogens is 1. The second kappa shape index (κ2) is 6.19. The summed E-state index contributed by atoms with van der Waals surface area (Å²) in [4.78, 5) is 19.9. The summed E-state index contributed by atoms with van der Waals surface area (Å²) < 4.78 is 0. The molecule has 0 bridgehead atoms. The molecule has 0 saturated carbocycles. The van der Waals surface area contributed by atoms with Crippen molar-refractivity contribution in [2.24, 2.45) is 0 Å². The second-order valence-corrected chi connectivity index (χ2v) is 4.75. The quantitative estimate of drug-likeness (QED) is 0.857. The van der Waals surface area contributed by atoms with E-state index in [2.05, 4.69) is 4.98 Å². The molecule has 1 aromatic heterocycles. The Morgan fingerprint density at radius 2 is 1.80 bits per heavy atom. The van der Waals surface area contributed by atoms with Crippen molar-refractivity contribution in [1.29, 1.82) is 0 Å². The lowest BCUT2D eigenvalue weighted by Gasteiger charge is -2.29. The topological polar surface area (TPSA) is 36.4 Å². The van der Waals surface area contributed by atoms with Gasteiger partial charge in [0.25, 0.3) is 0 Å². The Kier molecular flexibility index (Phi) is 4.35. The summed E-state index contributed by atoms with van der Waals surface area (Å²) in [7, 11) is 3.59. The van der Waals surface area contributed by atoms with Crippen LogP contribution in [0.5, 0.6) is 0 Å². The minimum absolute atomic E-state index is 0.0256. The summed E-state index contributed by atoms with van der Waals surface area (Å²) in [5.74, 6) is 0. The van der Waals surface area contributed by atoms with Crippen LogP contribution in [0.25, 0.3) is 0 Å². The molecule has 0 N–H and O–H groups in total. The van der Waals surface area contributed by atoms with Crippen LogP contribution >= 0.6 is 0 Å². The van der Waals surface area contributed by atoms with Crippen LogP contribution in [0.15, 0.2) is 54.9 Å². The smallest absolute Gasteiger partial charge is 0.321 e. The number of nitrogens with zero attached hydrogens (tertiary/aromatic N) is 3. The van der Waals surface area contributed by atoms with Gasteiger partial charge in [0, 0.05) is 32.2 Å². The molecule has 0 aliphatic rings. The first-order valence-corrected chi connectivity index (χ1v) is 6.56. The van der Waals surface area contributed by atoms with Crippen LogP contribution in [0.4, 0.5) is 10.5 Å². The van der Waals surface area contributed by atoms with Crippen LogP contribution in [0, 0.1) is 0 Å². The Hall–Kier alpha value is -2.36. The number of hydrogen-bond donors (Lipinski definition) is 0. The van der Waals surface area contributed by atoms with Gasteiger partial charge in [0.15, 0.2) is 0 Å². The van der Waals surface area contributed by atoms with Crippen molar-refractivity contribution in [2.45, 2.75) is 13.0 Å². The monoisotopic (exact) mass is 269 g/mol. The van der Waals surface area contributed by atoms with Crippen LogP contribution in [0.2, 0.25) is 0 Å². The summed E-state index contributed by atoms with van der Waals surface area (Å²) >= 11 is 0. The number of amides is 2. The van der Waals surface area contributed by atoms with Gasteiger partial charge in [-0.1, -0.05) is 24.3 Å². The van der Waals surface area contributed by atoms with E-state index in [4.69, 9.17) is 0 Å². The van der Waals surface area contributed by atoms with Crippen molar-refractivity contribution in [2.75, 3.05) is 19.0 Å². The molecule has 0 aliphatic heterocycles. The van der Waals surface area contributed by atoms with E-state index >= 15 is 0 Å². The Morgan fingerprint density at radius 3 is 2.40 bits per heavy atom. The van der Waals surface area contributed by atoms with Crippen LogP contribution in [0.3, 0.4) is 0 Å². The molecule has 0 fully saturated rings. The summed E-state index contributed by atoms with van der Waals surface area (Å²) in [6.07, 6.45) is 3.52. The van der Waals surface area contributed by atoms with Gasteiger partial charge in [0.2, 0.25) is 0 Å².